The first kappa shape index (κ1) is 32.2. The lowest BCUT2D eigenvalue weighted by molar-refractivity contribution is 1.07. The molecule has 56 heavy (non-hydrogen) atoms. The molecule has 0 N–H and O–H groups in total. The van der Waals surface area contributed by atoms with Crippen LogP contribution in [0.4, 0.5) is 0 Å². The molecule has 0 aliphatic carbocycles. The lowest BCUT2D eigenvalue weighted by atomic mass is 9.95. The van der Waals surface area contributed by atoms with Crippen molar-refractivity contribution in [1.82, 2.24) is 19.5 Å². The quantitative estimate of drug-likeness (QED) is 0.171. The van der Waals surface area contributed by atoms with Crippen molar-refractivity contribution in [2.45, 2.75) is 0 Å². The Hall–Kier alpha value is -7.21. The average molecular weight is 733 g/mol. The molecule has 0 amide bonds. The fraction of sp³-hybridized carbons (Fsp3) is 0. The summed E-state index contributed by atoms with van der Waals surface area (Å²) in [6, 6.07) is 68.6. The summed E-state index contributed by atoms with van der Waals surface area (Å²) in [7, 11) is 0. The van der Waals surface area contributed by atoms with E-state index in [-0.39, 0.29) is 0 Å². The van der Waals surface area contributed by atoms with E-state index in [2.05, 4.69) is 138 Å². The summed E-state index contributed by atoms with van der Waals surface area (Å²) in [4.78, 5) is 15.1. The minimum Gasteiger partial charge on any atom is -0.309 e. The van der Waals surface area contributed by atoms with Crippen LogP contribution in [-0.2, 0) is 0 Å². The molecule has 0 spiro atoms. The van der Waals surface area contributed by atoms with Crippen molar-refractivity contribution in [3.8, 4) is 62.1 Å². The van der Waals surface area contributed by atoms with Crippen LogP contribution in [0.2, 0.25) is 0 Å². The van der Waals surface area contributed by atoms with E-state index in [0.717, 1.165) is 44.5 Å². The molecule has 11 aromatic rings. The van der Waals surface area contributed by atoms with Crippen molar-refractivity contribution in [3.63, 3.8) is 0 Å². The summed E-state index contributed by atoms with van der Waals surface area (Å²) >= 11 is 1.86. The van der Waals surface area contributed by atoms with Crippen molar-refractivity contribution in [2.24, 2.45) is 0 Å². The zero-order chi connectivity index (χ0) is 37.0. The Kier molecular flexibility index (Phi) is 7.64. The van der Waals surface area contributed by atoms with Crippen LogP contribution in [-0.4, -0.2) is 19.5 Å². The van der Waals surface area contributed by atoms with Gasteiger partial charge in [0.15, 0.2) is 17.5 Å². The second-order valence-electron chi connectivity index (χ2n) is 14.0. The Morgan fingerprint density at radius 1 is 0.339 bits per heavy atom. The Labute approximate surface area is 327 Å². The van der Waals surface area contributed by atoms with Gasteiger partial charge in [-0.05, 0) is 59.2 Å². The number of nitrogens with zero attached hydrogens (tertiary/aromatic N) is 4. The first-order valence-electron chi connectivity index (χ1n) is 18.8. The summed E-state index contributed by atoms with van der Waals surface area (Å²) in [5, 5.41) is 5.07. The van der Waals surface area contributed by atoms with Gasteiger partial charge in [0.1, 0.15) is 0 Å². The van der Waals surface area contributed by atoms with Crippen LogP contribution in [0.25, 0.3) is 104 Å². The van der Waals surface area contributed by atoms with Gasteiger partial charge in [-0.15, -0.1) is 11.3 Å². The van der Waals surface area contributed by atoms with E-state index >= 15 is 0 Å². The minimum atomic E-state index is 0.627. The van der Waals surface area contributed by atoms with E-state index in [1.165, 1.54) is 42.1 Å². The molecule has 262 valence electrons. The smallest absolute Gasteiger partial charge is 0.164 e. The fourth-order valence-corrected chi connectivity index (χ4v) is 9.29. The third-order valence-corrected chi connectivity index (χ3v) is 11.8. The molecule has 0 atom stereocenters. The van der Waals surface area contributed by atoms with Gasteiger partial charge < -0.3 is 4.57 Å². The Morgan fingerprint density at radius 3 is 1.55 bits per heavy atom. The van der Waals surface area contributed by atoms with Crippen molar-refractivity contribution >= 4 is 53.3 Å². The van der Waals surface area contributed by atoms with Gasteiger partial charge in [0, 0.05) is 53.2 Å². The van der Waals surface area contributed by atoms with Gasteiger partial charge in [0.05, 0.1) is 16.7 Å². The third-order valence-electron chi connectivity index (χ3n) is 10.7. The van der Waals surface area contributed by atoms with E-state index in [9.17, 15) is 0 Å². The molecular weight excluding hydrogens is 701 g/mol. The van der Waals surface area contributed by atoms with Gasteiger partial charge in [0.25, 0.3) is 0 Å². The predicted molar refractivity (Wildman–Crippen MR) is 234 cm³/mol. The van der Waals surface area contributed by atoms with Crippen LogP contribution in [0.1, 0.15) is 0 Å². The van der Waals surface area contributed by atoms with Crippen LogP contribution in [0.3, 0.4) is 0 Å². The Bertz CT molecular complexity index is 3180. The topological polar surface area (TPSA) is 43.6 Å². The lowest BCUT2D eigenvalue weighted by Crippen LogP contribution is -2.02. The largest absolute Gasteiger partial charge is 0.309 e. The highest BCUT2D eigenvalue weighted by atomic mass is 32.1. The molecule has 8 aromatic carbocycles. The minimum absolute atomic E-state index is 0.627. The van der Waals surface area contributed by atoms with Gasteiger partial charge in [-0.3, -0.25) is 0 Å². The van der Waals surface area contributed by atoms with E-state index in [1.54, 1.807) is 0 Å². The van der Waals surface area contributed by atoms with Crippen LogP contribution in [0.15, 0.2) is 194 Å². The molecule has 0 radical (unpaired) electrons. The predicted octanol–water partition coefficient (Wildman–Crippen LogP) is 13.7. The fourth-order valence-electron chi connectivity index (χ4n) is 8.16. The van der Waals surface area contributed by atoms with Gasteiger partial charge in [-0.2, -0.15) is 0 Å². The maximum atomic E-state index is 5.09. The summed E-state index contributed by atoms with van der Waals surface area (Å²) in [6.45, 7) is 0. The van der Waals surface area contributed by atoms with Crippen molar-refractivity contribution in [1.29, 1.82) is 0 Å². The second kappa shape index (κ2) is 13.3. The maximum absolute atomic E-state index is 5.09. The third kappa shape index (κ3) is 5.32. The van der Waals surface area contributed by atoms with Gasteiger partial charge in [0.2, 0.25) is 0 Å². The van der Waals surface area contributed by atoms with Crippen LogP contribution >= 0.6 is 11.3 Å². The highest BCUT2D eigenvalue weighted by Gasteiger charge is 2.21. The molecule has 0 unspecified atom stereocenters. The van der Waals surface area contributed by atoms with Gasteiger partial charge in [-0.1, -0.05) is 152 Å². The number of benzene rings is 8. The van der Waals surface area contributed by atoms with Crippen LogP contribution < -0.4 is 0 Å². The molecule has 0 fully saturated rings. The molecule has 3 aromatic heterocycles. The summed E-state index contributed by atoms with van der Waals surface area (Å²) in [6.07, 6.45) is 0. The lowest BCUT2D eigenvalue weighted by Gasteiger charge is -2.16. The normalized spacial score (nSPS) is 11.6. The maximum Gasteiger partial charge on any atom is 0.164 e. The molecule has 0 aliphatic rings. The molecule has 0 bridgehead atoms. The standard InChI is InChI=1S/C51H32N4S/c1-4-16-33(17-5-1)41-32-36(51-53-49(34-18-6-2-7-19-34)52-50(54-51)35-20-8-3-9-21-35)30-31-43(41)55-42-26-12-10-22-39(42)47-37(24-14-27-44(47)55)38-25-15-29-46-48(38)40-23-11-13-28-45(40)56-46/h1-32H. The highest BCUT2D eigenvalue weighted by Crippen LogP contribution is 2.45. The highest BCUT2D eigenvalue weighted by molar-refractivity contribution is 7.25. The molecule has 3 heterocycles. The van der Waals surface area contributed by atoms with Gasteiger partial charge in [-0.25, -0.2) is 15.0 Å². The molecule has 0 saturated heterocycles. The van der Waals surface area contributed by atoms with E-state index in [1.807, 2.05) is 72.0 Å². The second-order valence-corrected chi connectivity index (χ2v) is 15.0. The first-order valence-corrected chi connectivity index (χ1v) is 19.6. The number of para-hydroxylation sites is 1. The zero-order valence-electron chi connectivity index (χ0n) is 30.2. The van der Waals surface area contributed by atoms with Gasteiger partial charge >= 0.3 is 0 Å². The number of rotatable bonds is 6. The van der Waals surface area contributed by atoms with Crippen molar-refractivity contribution < 1.29 is 0 Å². The van der Waals surface area contributed by atoms with Crippen molar-refractivity contribution in [2.75, 3.05) is 0 Å². The van der Waals surface area contributed by atoms with Crippen LogP contribution in [0, 0.1) is 0 Å². The number of hydrogen-bond acceptors (Lipinski definition) is 4. The molecular formula is C51H32N4S. The molecule has 4 nitrogen and oxygen atoms in total. The molecule has 0 aliphatic heterocycles. The Balaban J connectivity index is 1.16. The average Bonchev–Trinajstić information content (AvgIpc) is 3.83. The van der Waals surface area contributed by atoms with Crippen molar-refractivity contribution in [3.05, 3.63) is 194 Å². The van der Waals surface area contributed by atoms with E-state index in [0.29, 0.717) is 17.5 Å². The van der Waals surface area contributed by atoms with E-state index < -0.39 is 0 Å². The van der Waals surface area contributed by atoms with E-state index in [4.69, 9.17) is 15.0 Å². The summed E-state index contributed by atoms with van der Waals surface area (Å²) < 4.78 is 5.04. The number of thiophene rings is 1. The SMILES string of the molecule is c1ccc(-c2nc(-c3ccccc3)nc(-c3ccc(-n4c5ccccc5c5c(-c6cccc7sc8ccccc8c67)cccc54)c(-c4ccccc4)c3)n2)cc1. The number of hydrogen-bond donors (Lipinski definition) is 0. The molecule has 0 saturated carbocycles. The Morgan fingerprint density at radius 2 is 0.857 bits per heavy atom. The summed E-state index contributed by atoms with van der Waals surface area (Å²) in [5.74, 6) is 1.91. The zero-order valence-corrected chi connectivity index (χ0v) is 31.0. The molecule has 5 heteroatoms. The summed E-state index contributed by atoms with van der Waals surface area (Å²) in [5.41, 5.74) is 10.9. The van der Waals surface area contributed by atoms with Crippen LogP contribution in [0.5, 0.6) is 0 Å². The number of aromatic nitrogens is 4. The number of fused-ring (bicyclic) bond motifs is 6. The molecule has 11 rings (SSSR count). The monoisotopic (exact) mass is 732 g/mol. The first-order chi connectivity index (χ1) is 27.8.